The summed E-state index contributed by atoms with van der Waals surface area (Å²) in [6.07, 6.45) is -2.69. The van der Waals surface area contributed by atoms with Gasteiger partial charge in [0.15, 0.2) is 0 Å². The first kappa shape index (κ1) is 12.3. The van der Waals surface area contributed by atoms with E-state index in [1.54, 1.807) is 0 Å². The highest BCUT2D eigenvalue weighted by molar-refractivity contribution is 5.73. The van der Waals surface area contributed by atoms with Gasteiger partial charge in [-0.25, -0.2) is 0 Å². The van der Waals surface area contributed by atoms with E-state index in [0.29, 0.717) is 0 Å². The molecular formula is C8H12F3NO3. The van der Waals surface area contributed by atoms with Crippen LogP contribution >= 0.6 is 0 Å². The molecule has 0 aromatic rings. The molecule has 1 fully saturated rings. The average Bonchev–Trinajstić information content (AvgIpc) is 2.83. The summed E-state index contributed by atoms with van der Waals surface area (Å²) in [4.78, 5) is 10.6. The smallest absolute Gasteiger partial charge is 0.411 e. The largest absolute Gasteiger partial charge is 0.480 e. The second-order valence-electron chi connectivity index (χ2n) is 3.46. The van der Waals surface area contributed by atoms with Gasteiger partial charge in [-0.2, -0.15) is 13.2 Å². The second-order valence-corrected chi connectivity index (χ2v) is 3.46. The first-order chi connectivity index (χ1) is 6.88. The molecule has 1 aliphatic carbocycles. The lowest BCUT2D eigenvalue weighted by atomic mass is 10.3. The van der Waals surface area contributed by atoms with Gasteiger partial charge in [-0.15, -0.1) is 0 Å². The van der Waals surface area contributed by atoms with Crippen molar-refractivity contribution in [3.8, 4) is 0 Å². The zero-order chi connectivity index (χ0) is 11.5. The van der Waals surface area contributed by atoms with E-state index in [9.17, 15) is 18.0 Å². The summed E-state index contributed by atoms with van der Waals surface area (Å²) >= 11 is 0. The van der Waals surface area contributed by atoms with E-state index in [0.717, 1.165) is 12.8 Å². The van der Waals surface area contributed by atoms with Crippen molar-refractivity contribution in [1.29, 1.82) is 0 Å². The van der Waals surface area contributed by atoms with Crippen LogP contribution in [-0.2, 0) is 9.53 Å². The van der Waals surface area contributed by atoms with Crippen LogP contribution in [0.25, 0.3) is 0 Å². The number of hydrogen-bond donors (Lipinski definition) is 2. The molecule has 0 aliphatic heterocycles. The summed E-state index contributed by atoms with van der Waals surface area (Å²) in [5.41, 5.74) is 0. The Labute approximate surface area is 84.4 Å². The summed E-state index contributed by atoms with van der Waals surface area (Å²) in [5, 5.41) is 11.3. The zero-order valence-electron chi connectivity index (χ0n) is 7.88. The number of hydrogen-bond acceptors (Lipinski definition) is 3. The minimum Gasteiger partial charge on any atom is -0.480 e. The van der Waals surface area contributed by atoms with Gasteiger partial charge in [0.05, 0.1) is 6.61 Å². The van der Waals surface area contributed by atoms with Gasteiger partial charge in [0, 0.05) is 6.04 Å². The molecule has 1 atom stereocenters. The summed E-state index contributed by atoms with van der Waals surface area (Å²) in [7, 11) is 0. The van der Waals surface area contributed by atoms with Crippen molar-refractivity contribution in [2.24, 2.45) is 0 Å². The molecule has 0 aromatic heterocycles. The van der Waals surface area contributed by atoms with Crippen LogP contribution in [0.15, 0.2) is 0 Å². The third-order valence-electron chi connectivity index (χ3n) is 1.86. The molecule has 0 aromatic carbocycles. The molecule has 4 nitrogen and oxygen atoms in total. The van der Waals surface area contributed by atoms with Gasteiger partial charge >= 0.3 is 12.1 Å². The number of nitrogens with one attached hydrogen (secondary N) is 1. The Bertz CT molecular complexity index is 228. The van der Waals surface area contributed by atoms with Crippen molar-refractivity contribution in [1.82, 2.24) is 5.32 Å². The second kappa shape index (κ2) is 4.80. The van der Waals surface area contributed by atoms with Gasteiger partial charge in [0.25, 0.3) is 0 Å². The lowest BCUT2D eigenvalue weighted by Crippen LogP contribution is -2.42. The number of halogens is 3. The molecule has 88 valence electrons. The number of alkyl halides is 3. The Morgan fingerprint density at radius 3 is 2.53 bits per heavy atom. The fourth-order valence-electron chi connectivity index (χ4n) is 1.02. The third-order valence-corrected chi connectivity index (χ3v) is 1.86. The summed E-state index contributed by atoms with van der Waals surface area (Å²) in [6.45, 7) is -1.88. The normalized spacial score (nSPS) is 18.9. The number of carbonyl (C=O) groups is 1. The number of ether oxygens (including phenoxy) is 1. The van der Waals surface area contributed by atoms with Crippen molar-refractivity contribution >= 4 is 5.97 Å². The van der Waals surface area contributed by atoms with Gasteiger partial charge in [-0.3, -0.25) is 10.1 Å². The van der Waals surface area contributed by atoms with Crippen molar-refractivity contribution in [2.45, 2.75) is 31.1 Å². The van der Waals surface area contributed by atoms with Gasteiger partial charge in [0.1, 0.15) is 12.6 Å². The van der Waals surface area contributed by atoms with Crippen LogP contribution < -0.4 is 5.32 Å². The molecule has 15 heavy (non-hydrogen) atoms. The van der Waals surface area contributed by atoms with Crippen LogP contribution in [0.5, 0.6) is 0 Å². The molecule has 0 amide bonds. The molecule has 0 radical (unpaired) electrons. The highest BCUT2D eigenvalue weighted by Crippen LogP contribution is 2.20. The van der Waals surface area contributed by atoms with Crippen molar-refractivity contribution in [2.75, 3.05) is 13.2 Å². The first-order valence-corrected chi connectivity index (χ1v) is 4.52. The van der Waals surface area contributed by atoms with E-state index < -0.39 is 31.4 Å². The van der Waals surface area contributed by atoms with Crippen LogP contribution in [0.4, 0.5) is 13.2 Å². The highest BCUT2D eigenvalue weighted by atomic mass is 19.4. The SMILES string of the molecule is O=C(O)C(COCC(F)(F)F)NC1CC1. The predicted molar refractivity (Wildman–Crippen MR) is 44.5 cm³/mol. The van der Waals surface area contributed by atoms with Crippen LogP contribution in [-0.4, -0.2) is 42.5 Å². The summed E-state index contributed by atoms with van der Waals surface area (Å²) in [6, 6.07) is -0.944. The van der Waals surface area contributed by atoms with Crippen LogP contribution in [0, 0.1) is 0 Å². The van der Waals surface area contributed by atoms with E-state index in [-0.39, 0.29) is 6.04 Å². The number of aliphatic carboxylic acids is 1. The van der Waals surface area contributed by atoms with Crippen molar-refractivity contribution in [3.05, 3.63) is 0 Å². The zero-order valence-corrected chi connectivity index (χ0v) is 7.88. The summed E-state index contributed by atoms with van der Waals surface area (Å²) in [5.74, 6) is -1.19. The van der Waals surface area contributed by atoms with Gasteiger partial charge in [0.2, 0.25) is 0 Å². The molecular weight excluding hydrogens is 215 g/mol. The topological polar surface area (TPSA) is 58.6 Å². The number of rotatable bonds is 6. The van der Waals surface area contributed by atoms with E-state index in [2.05, 4.69) is 10.1 Å². The van der Waals surface area contributed by atoms with Gasteiger partial charge in [-0.05, 0) is 12.8 Å². The fraction of sp³-hybridized carbons (Fsp3) is 0.875. The Morgan fingerprint density at radius 1 is 1.53 bits per heavy atom. The average molecular weight is 227 g/mol. The number of carboxylic acid groups (broad SMARTS) is 1. The molecule has 0 spiro atoms. The predicted octanol–water partition coefficient (Wildman–Crippen LogP) is 0.770. The van der Waals surface area contributed by atoms with E-state index >= 15 is 0 Å². The maximum Gasteiger partial charge on any atom is 0.411 e. The highest BCUT2D eigenvalue weighted by Gasteiger charge is 2.31. The Kier molecular flexibility index (Phi) is 3.92. The standard InChI is InChI=1S/C8H12F3NO3/c9-8(10,11)4-15-3-6(7(13)14)12-5-1-2-5/h5-6,12H,1-4H2,(H,13,14). The molecule has 1 rings (SSSR count). The summed E-state index contributed by atoms with van der Waals surface area (Å²) < 4.78 is 39.3. The molecule has 1 saturated carbocycles. The van der Waals surface area contributed by atoms with Crippen LogP contribution in [0.1, 0.15) is 12.8 Å². The Hall–Kier alpha value is -0.820. The minimum absolute atomic E-state index is 0.112. The van der Waals surface area contributed by atoms with Gasteiger partial charge < -0.3 is 9.84 Å². The fourth-order valence-corrected chi connectivity index (χ4v) is 1.02. The molecule has 0 bridgehead atoms. The van der Waals surface area contributed by atoms with Crippen LogP contribution in [0.3, 0.4) is 0 Å². The van der Waals surface area contributed by atoms with Gasteiger partial charge in [-0.1, -0.05) is 0 Å². The monoisotopic (exact) mass is 227 g/mol. The lowest BCUT2D eigenvalue weighted by molar-refractivity contribution is -0.177. The first-order valence-electron chi connectivity index (χ1n) is 4.52. The van der Waals surface area contributed by atoms with Crippen molar-refractivity contribution < 1.29 is 27.8 Å². The lowest BCUT2D eigenvalue weighted by Gasteiger charge is -2.14. The van der Waals surface area contributed by atoms with E-state index in [1.165, 1.54) is 0 Å². The number of carboxylic acids is 1. The van der Waals surface area contributed by atoms with E-state index in [4.69, 9.17) is 5.11 Å². The quantitative estimate of drug-likeness (QED) is 0.703. The maximum absolute atomic E-state index is 11.7. The molecule has 1 unspecified atom stereocenters. The Morgan fingerprint density at radius 2 is 2.13 bits per heavy atom. The Balaban J connectivity index is 2.22. The molecule has 0 heterocycles. The van der Waals surface area contributed by atoms with E-state index in [1.807, 2.05) is 0 Å². The molecule has 0 saturated heterocycles. The molecule has 2 N–H and O–H groups in total. The third kappa shape index (κ3) is 5.58. The van der Waals surface area contributed by atoms with Crippen LogP contribution in [0.2, 0.25) is 0 Å². The maximum atomic E-state index is 11.7. The molecule has 7 heteroatoms. The van der Waals surface area contributed by atoms with Crippen molar-refractivity contribution in [3.63, 3.8) is 0 Å². The molecule has 1 aliphatic rings. The minimum atomic E-state index is -4.41.